The number of rotatable bonds is 4. The lowest BCUT2D eigenvalue weighted by atomic mass is 9.46. The summed E-state index contributed by atoms with van der Waals surface area (Å²) in [6.45, 7) is 7.02. The van der Waals surface area contributed by atoms with Crippen LogP contribution >= 0.6 is 0 Å². The lowest BCUT2D eigenvalue weighted by molar-refractivity contribution is -0.104. The molecule has 0 heterocycles. The predicted octanol–water partition coefficient (Wildman–Crippen LogP) is 6.45. The van der Waals surface area contributed by atoms with Crippen LogP contribution in [0.1, 0.15) is 84.1 Å². The molecule has 0 saturated heterocycles. The minimum Gasteiger partial charge on any atom is -0.393 e. The second-order valence-corrected chi connectivity index (χ2v) is 12.3. The van der Waals surface area contributed by atoms with E-state index in [-0.39, 0.29) is 22.8 Å². The molecule has 3 fully saturated rings. The van der Waals surface area contributed by atoms with E-state index in [1.165, 1.54) is 37.0 Å². The van der Waals surface area contributed by atoms with Crippen LogP contribution in [0.3, 0.4) is 0 Å². The fourth-order valence-electron chi connectivity index (χ4n) is 8.89. The van der Waals surface area contributed by atoms with Crippen molar-refractivity contribution in [2.24, 2.45) is 34.5 Å². The summed E-state index contributed by atoms with van der Waals surface area (Å²) in [5, 5.41) is 21.9. The summed E-state index contributed by atoms with van der Waals surface area (Å²) in [7, 11) is 0. The highest BCUT2D eigenvalue weighted by Gasteiger charge is 2.61. The smallest absolute Gasteiger partial charge is 0.123 e. The van der Waals surface area contributed by atoms with Crippen LogP contribution in [-0.2, 0) is 6.42 Å². The zero-order valence-corrected chi connectivity index (χ0v) is 20.1. The van der Waals surface area contributed by atoms with Crippen LogP contribution in [0.5, 0.6) is 0 Å². The fourth-order valence-corrected chi connectivity index (χ4v) is 8.89. The normalized spacial score (nSPS) is 42.9. The van der Waals surface area contributed by atoms with Crippen LogP contribution < -0.4 is 0 Å². The summed E-state index contributed by atoms with van der Waals surface area (Å²) in [4.78, 5) is 0. The largest absolute Gasteiger partial charge is 0.393 e. The van der Waals surface area contributed by atoms with Crippen molar-refractivity contribution in [3.8, 4) is 0 Å². The minimum atomic E-state index is -0.695. The van der Waals surface area contributed by atoms with Crippen LogP contribution in [-0.4, -0.2) is 21.9 Å². The molecule has 8 atom stereocenters. The van der Waals surface area contributed by atoms with Gasteiger partial charge in [0, 0.05) is 0 Å². The molecule has 0 amide bonds. The molecule has 0 aliphatic heterocycles. The molecular formula is C29H41FO2. The van der Waals surface area contributed by atoms with Gasteiger partial charge in [0.05, 0.1) is 11.7 Å². The molecule has 32 heavy (non-hydrogen) atoms. The molecule has 176 valence electrons. The number of hydrogen-bond donors (Lipinski definition) is 2. The average molecular weight is 441 g/mol. The van der Waals surface area contributed by atoms with Crippen molar-refractivity contribution in [3.63, 3.8) is 0 Å². The Morgan fingerprint density at radius 1 is 1.03 bits per heavy atom. The van der Waals surface area contributed by atoms with Gasteiger partial charge in [0.2, 0.25) is 0 Å². The van der Waals surface area contributed by atoms with Crippen molar-refractivity contribution in [3.05, 3.63) is 47.3 Å². The zero-order chi connectivity index (χ0) is 22.7. The first-order valence-electron chi connectivity index (χ1n) is 13.0. The van der Waals surface area contributed by atoms with Crippen molar-refractivity contribution < 1.29 is 14.6 Å². The van der Waals surface area contributed by atoms with Crippen LogP contribution in [0.2, 0.25) is 0 Å². The average Bonchev–Trinajstić information content (AvgIpc) is 3.12. The van der Waals surface area contributed by atoms with E-state index >= 15 is 0 Å². The number of allylic oxidation sites excluding steroid dienone is 1. The number of halogens is 1. The molecule has 5 rings (SSSR count). The molecule has 4 aliphatic carbocycles. The molecule has 0 bridgehead atoms. The Balaban J connectivity index is 1.34. The van der Waals surface area contributed by atoms with Gasteiger partial charge in [-0.05, 0) is 123 Å². The second kappa shape index (κ2) is 7.94. The maximum atomic E-state index is 13.3. The minimum absolute atomic E-state index is 0.146. The van der Waals surface area contributed by atoms with Crippen LogP contribution in [0.25, 0.3) is 0 Å². The summed E-state index contributed by atoms with van der Waals surface area (Å²) in [6, 6.07) is 6.74. The van der Waals surface area contributed by atoms with Gasteiger partial charge in [-0.25, -0.2) is 4.39 Å². The van der Waals surface area contributed by atoms with Gasteiger partial charge in [-0.3, -0.25) is 0 Å². The van der Waals surface area contributed by atoms with E-state index in [1.807, 2.05) is 12.1 Å². The number of hydrogen-bond acceptors (Lipinski definition) is 2. The Bertz CT molecular complexity index is 874. The molecule has 2 nitrogen and oxygen atoms in total. The third-order valence-corrected chi connectivity index (χ3v) is 10.7. The van der Waals surface area contributed by atoms with Gasteiger partial charge >= 0.3 is 0 Å². The highest BCUT2D eigenvalue weighted by atomic mass is 19.1. The van der Waals surface area contributed by atoms with Crippen LogP contribution in [0.15, 0.2) is 35.9 Å². The molecular weight excluding hydrogens is 399 g/mol. The first-order chi connectivity index (χ1) is 15.1. The van der Waals surface area contributed by atoms with Gasteiger partial charge in [-0.15, -0.1) is 0 Å². The monoisotopic (exact) mass is 440 g/mol. The van der Waals surface area contributed by atoms with Crippen LogP contribution in [0, 0.1) is 40.3 Å². The molecule has 0 radical (unpaired) electrons. The Morgan fingerprint density at radius 2 is 1.78 bits per heavy atom. The van der Waals surface area contributed by atoms with Gasteiger partial charge in [-0.1, -0.05) is 37.6 Å². The first kappa shape index (κ1) is 22.6. The second-order valence-electron chi connectivity index (χ2n) is 12.3. The van der Waals surface area contributed by atoms with E-state index in [4.69, 9.17) is 0 Å². The van der Waals surface area contributed by atoms with Crippen molar-refractivity contribution in [1.29, 1.82) is 0 Å². The van der Waals surface area contributed by atoms with Gasteiger partial charge in [0.1, 0.15) is 5.82 Å². The number of aliphatic hydroxyl groups excluding tert-OH is 1. The SMILES string of the molecule is CC12CCC3[C@@H](CC=C4CC(O)CC[C@@]43C)C1CCC2[C@@](C)(O)CCc1ccc(F)cc1. The molecule has 5 unspecified atom stereocenters. The molecule has 3 saturated carbocycles. The molecule has 0 spiro atoms. The molecule has 1 aromatic carbocycles. The summed E-state index contributed by atoms with van der Waals surface area (Å²) in [5.41, 5.74) is 2.41. The first-order valence-corrected chi connectivity index (χ1v) is 13.0. The Kier molecular flexibility index (Phi) is 5.61. The Labute approximate surface area is 193 Å². The zero-order valence-electron chi connectivity index (χ0n) is 20.1. The summed E-state index contributed by atoms with van der Waals surface area (Å²) < 4.78 is 13.3. The summed E-state index contributed by atoms with van der Waals surface area (Å²) in [6.07, 6.45) is 12.8. The van der Waals surface area contributed by atoms with Gasteiger partial charge < -0.3 is 10.2 Å². The highest BCUT2D eigenvalue weighted by Crippen LogP contribution is 2.67. The standard InChI is InChI=1S/C29H41FO2/c1-27-15-13-22(31)18-20(27)6-9-23-24-10-11-26(28(24,2)16-14-25(23)27)29(3,32)17-12-19-4-7-21(30)8-5-19/h4-8,22-26,31-32H,9-18H2,1-3H3/t22?,23-,24?,25?,26?,27-,28?,29-/m0/s1. The van der Waals surface area contributed by atoms with Crippen molar-refractivity contribution in [1.82, 2.24) is 0 Å². The van der Waals surface area contributed by atoms with E-state index in [1.54, 1.807) is 0 Å². The Hall–Kier alpha value is -1.19. The molecule has 3 heteroatoms. The number of aryl methyl sites for hydroxylation is 1. The topological polar surface area (TPSA) is 40.5 Å². The fraction of sp³-hybridized carbons (Fsp3) is 0.724. The van der Waals surface area contributed by atoms with Crippen molar-refractivity contribution in [2.75, 3.05) is 0 Å². The third-order valence-electron chi connectivity index (χ3n) is 10.7. The van der Waals surface area contributed by atoms with Gasteiger partial charge in [0.15, 0.2) is 0 Å². The maximum Gasteiger partial charge on any atom is 0.123 e. The maximum absolute atomic E-state index is 13.3. The molecule has 2 N–H and O–H groups in total. The van der Waals surface area contributed by atoms with Gasteiger partial charge in [0.25, 0.3) is 0 Å². The predicted molar refractivity (Wildman–Crippen MR) is 127 cm³/mol. The number of benzene rings is 1. The van der Waals surface area contributed by atoms with E-state index in [9.17, 15) is 14.6 Å². The van der Waals surface area contributed by atoms with Gasteiger partial charge in [-0.2, -0.15) is 0 Å². The summed E-state index contributed by atoms with van der Waals surface area (Å²) in [5.74, 6) is 2.26. The van der Waals surface area contributed by atoms with E-state index in [2.05, 4.69) is 26.8 Å². The lowest BCUT2D eigenvalue weighted by Gasteiger charge is -2.59. The number of aliphatic hydroxyl groups is 2. The van der Waals surface area contributed by atoms with E-state index in [0.29, 0.717) is 11.8 Å². The van der Waals surface area contributed by atoms with Crippen molar-refractivity contribution in [2.45, 2.75) is 96.7 Å². The van der Waals surface area contributed by atoms with Crippen LogP contribution in [0.4, 0.5) is 4.39 Å². The third kappa shape index (κ3) is 3.59. The molecule has 0 aromatic heterocycles. The lowest BCUT2D eigenvalue weighted by Crippen LogP contribution is -2.53. The van der Waals surface area contributed by atoms with E-state index in [0.717, 1.165) is 62.3 Å². The quantitative estimate of drug-likeness (QED) is 0.528. The molecule has 4 aliphatic rings. The highest BCUT2D eigenvalue weighted by molar-refractivity contribution is 5.26. The Morgan fingerprint density at radius 3 is 2.53 bits per heavy atom. The van der Waals surface area contributed by atoms with Crippen molar-refractivity contribution >= 4 is 0 Å². The summed E-state index contributed by atoms with van der Waals surface area (Å²) >= 11 is 0. The van der Waals surface area contributed by atoms with E-state index < -0.39 is 5.60 Å². The number of fused-ring (bicyclic) bond motifs is 5. The molecule has 1 aromatic rings.